The topological polar surface area (TPSA) is 26.0 Å². The van der Waals surface area contributed by atoms with Crippen LogP contribution in [-0.4, -0.2) is 5.16 Å². The van der Waals surface area contributed by atoms with E-state index in [0.717, 1.165) is 15.4 Å². The van der Waals surface area contributed by atoms with Crippen LogP contribution in [0.25, 0.3) is 10.9 Å². The van der Waals surface area contributed by atoms with Crippen molar-refractivity contribution in [3.63, 3.8) is 0 Å². The van der Waals surface area contributed by atoms with Gasteiger partial charge in [-0.3, -0.25) is 0 Å². The lowest BCUT2D eigenvalue weighted by atomic mass is 10.3. The minimum atomic E-state index is 0.675. The van der Waals surface area contributed by atoms with Gasteiger partial charge in [-0.05, 0) is 34.1 Å². The molecule has 1 heterocycles. The maximum Gasteiger partial charge on any atom is 0.209 e. The molecule has 0 radical (unpaired) electrons. The highest BCUT2D eigenvalue weighted by Gasteiger charge is 2.03. The van der Waals surface area contributed by atoms with Gasteiger partial charge in [0, 0.05) is 4.47 Å². The van der Waals surface area contributed by atoms with Crippen molar-refractivity contribution in [3.8, 4) is 0 Å². The van der Waals surface area contributed by atoms with Gasteiger partial charge < -0.3 is 4.52 Å². The van der Waals surface area contributed by atoms with Crippen LogP contribution in [0.15, 0.2) is 31.9 Å². The van der Waals surface area contributed by atoms with Gasteiger partial charge in [-0.25, -0.2) is 0 Å². The first kappa shape index (κ1) is 7.31. The molecule has 0 aliphatic rings. The molecule has 0 fully saturated rings. The zero-order chi connectivity index (χ0) is 7.84. The third-order valence-electron chi connectivity index (χ3n) is 1.39. The van der Waals surface area contributed by atoms with Crippen molar-refractivity contribution in [1.82, 2.24) is 5.16 Å². The van der Waals surface area contributed by atoms with Crippen molar-refractivity contribution >= 4 is 42.8 Å². The lowest BCUT2D eigenvalue weighted by Gasteiger charge is -1.87. The fourth-order valence-corrected chi connectivity index (χ4v) is 1.63. The van der Waals surface area contributed by atoms with E-state index in [4.69, 9.17) is 4.52 Å². The third-order valence-corrected chi connectivity index (χ3v) is 2.46. The number of rotatable bonds is 0. The zero-order valence-corrected chi connectivity index (χ0v) is 8.52. The number of nitrogens with zero attached hydrogens (tertiary/aromatic N) is 1. The van der Waals surface area contributed by atoms with Crippen LogP contribution in [0.5, 0.6) is 0 Å². The molecule has 0 spiro atoms. The van der Waals surface area contributed by atoms with Crippen LogP contribution in [0.2, 0.25) is 0 Å². The minimum Gasteiger partial charge on any atom is -0.348 e. The summed E-state index contributed by atoms with van der Waals surface area (Å²) in [6.07, 6.45) is 0. The summed E-state index contributed by atoms with van der Waals surface area (Å²) in [5.41, 5.74) is 0.861. The average Bonchev–Trinajstić information content (AvgIpc) is 2.33. The molecule has 56 valence electrons. The Labute approximate surface area is 79.8 Å². The lowest BCUT2D eigenvalue weighted by Crippen LogP contribution is -1.66. The van der Waals surface area contributed by atoms with Crippen molar-refractivity contribution in [3.05, 3.63) is 27.3 Å². The lowest BCUT2D eigenvalue weighted by molar-refractivity contribution is 0.408. The largest absolute Gasteiger partial charge is 0.348 e. The number of aromatic nitrogens is 1. The second kappa shape index (κ2) is 2.60. The van der Waals surface area contributed by atoms with Crippen molar-refractivity contribution in [2.45, 2.75) is 0 Å². The molecule has 0 unspecified atom stereocenters. The van der Waals surface area contributed by atoms with Gasteiger partial charge in [0.15, 0.2) is 0 Å². The first-order valence-electron chi connectivity index (χ1n) is 2.98. The minimum absolute atomic E-state index is 0.675. The van der Waals surface area contributed by atoms with Crippen LogP contribution in [0.4, 0.5) is 0 Å². The molecule has 0 amide bonds. The molecule has 0 N–H and O–H groups in total. The summed E-state index contributed by atoms with van der Waals surface area (Å²) >= 11 is 6.61. The second-order valence-electron chi connectivity index (χ2n) is 2.12. The monoisotopic (exact) mass is 275 g/mol. The maximum atomic E-state index is 4.92. The fourth-order valence-electron chi connectivity index (χ4n) is 0.884. The highest BCUT2D eigenvalue weighted by Crippen LogP contribution is 2.25. The van der Waals surface area contributed by atoms with Crippen molar-refractivity contribution in [2.24, 2.45) is 0 Å². The van der Waals surface area contributed by atoms with E-state index in [-0.39, 0.29) is 0 Å². The zero-order valence-electron chi connectivity index (χ0n) is 5.34. The Morgan fingerprint density at radius 2 is 2.09 bits per heavy atom. The summed E-state index contributed by atoms with van der Waals surface area (Å²) in [5.74, 6) is 0. The van der Waals surface area contributed by atoms with Gasteiger partial charge in [0.2, 0.25) is 4.67 Å². The van der Waals surface area contributed by atoms with Gasteiger partial charge >= 0.3 is 0 Å². The number of halogens is 2. The number of hydrogen-bond acceptors (Lipinski definition) is 2. The summed E-state index contributed by atoms with van der Waals surface area (Å²) in [6, 6.07) is 5.78. The van der Waals surface area contributed by atoms with Crippen molar-refractivity contribution < 1.29 is 4.52 Å². The molecule has 11 heavy (non-hydrogen) atoms. The predicted molar refractivity (Wildman–Crippen MR) is 49.4 cm³/mol. The van der Waals surface area contributed by atoms with Crippen LogP contribution in [-0.2, 0) is 0 Å². The Balaban J connectivity index is 2.87. The number of fused-ring (bicyclic) bond motifs is 1. The number of hydrogen-bond donors (Lipinski definition) is 0. The van der Waals surface area contributed by atoms with E-state index in [1.165, 1.54) is 0 Å². The Morgan fingerprint density at radius 1 is 1.27 bits per heavy atom. The SMILES string of the molecule is Brc1ccc2noc(Br)c2c1. The van der Waals surface area contributed by atoms with E-state index < -0.39 is 0 Å². The molecular formula is C7H3Br2NO. The summed E-state index contributed by atoms with van der Waals surface area (Å²) in [5, 5.41) is 4.80. The molecule has 2 rings (SSSR count). The smallest absolute Gasteiger partial charge is 0.209 e. The van der Waals surface area contributed by atoms with Gasteiger partial charge in [0.1, 0.15) is 5.52 Å². The normalized spacial score (nSPS) is 10.7. The summed E-state index contributed by atoms with van der Waals surface area (Å²) < 4.78 is 6.61. The highest BCUT2D eigenvalue weighted by atomic mass is 79.9. The molecule has 0 aliphatic heterocycles. The molecule has 1 aromatic heterocycles. The molecule has 0 saturated carbocycles. The van der Waals surface area contributed by atoms with Crippen molar-refractivity contribution in [2.75, 3.05) is 0 Å². The molecule has 1 aromatic carbocycles. The molecule has 2 aromatic rings. The standard InChI is InChI=1S/C7H3Br2NO/c8-4-1-2-6-5(3-4)7(9)11-10-6/h1-3H. The van der Waals surface area contributed by atoms with Crippen LogP contribution in [0, 0.1) is 0 Å². The van der Waals surface area contributed by atoms with Crippen molar-refractivity contribution in [1.29, 1.82) is 0 Å². The Morgan fingerprint density at radius 3 is 2.91 bits per heavy atom. The first-order chi connectivity index (χ1) is 5.27. The Hall–Kier alpha value is -0.350. The van der Waals surface area contributed by atoms with E-state index >= 15 is 0 Å². The molecule has 0 atom stereocenters. The highest BCUT2D eigenvalue weighted by molar-refractivity contribution is 9.11. The maximum absolute atomic E-state index is 4.92. The van der Waals surface area contributed by atoms with Gasteiger partial charge in [-0.15, -0.1) is 0 Å². The van der Waals surface area contributed by atoms with Crippen LogP contribution >= 0.6 is 31.9 Å². The third kappa shape index (κ3) is 1.20. The Kier molecular flexibility index (Phi) is 1.73. The van der Waals surface area contributed by atoms with Crippen LogP contribution in [0.1, 0.15) is 0 Å². The molecule has 0 aliphatic carbocycles. The van der Waals surface area contributed by atoms with E-state index in [9.17, 15) is 0 Å². The molecule has 4 heteroatoms. The van der Waals surface area contributed by atoms with Gasteiger partial charge in [0.05, 0.1) is 5.39 Å². The van der Waals surface area contributed by atoms with Gasteiger partial charge in [0.25, 0.3) is 0 Å². The van der Waals surface area contributed by atoms with E-state index in [2.05, 4.69) is 37.0 Å². The summed E-state index contributed by atoms with van der Waals surface area (Å²) in [6.45, 7) is 0. The van der Waals surface area contributed by atoms with E-state index in [0.29, 0.717) is 4.67 Å². The van der Waals surface area contributed by atoms with Crippen LogP contribution < -0.4 is 0 Å². The summed E-state index contributed by atoms with van der Waals surface area (Å²) in [7, 11) is 0. The van der Waals surface area contributed by atoms with E-state index in [1.807, 2.05) is 18.2 Å². The second-order valence-corrected chi connectivity index (χ2v) is 3.75. The predicted octanol–water partition coefficient (Wildman–Crippen LogP) is 3.35. The summed E-state index contributed by atoms with van der Waals surface area (Å²) in [4.78, 5) is 0. The number of benzene rings is 1. The molecule has 0 bridgehead atoms. The average molecular weight is 277 g/mol. The van der Waals surface area contributed by atoms with Gasteiger partial charge in [-0.2, -0.15) is 0 Å². The molecule has 2 nitrogen and oxygen atoms in total. The fraction of sp³-hybridized carbons (Fsp3) is 0. The quantitative estimate of drug-likeness (QED) is 0.738. The first-order valence-corrected chi connectivity index (χ1v) is 4.56. The Bertz CT molecular complexity index is 396. The van der Waals surface area contributed by atoms with Gasteiger partial charge in [-0.1, -0.05) is 21.1 Å². The van der Waals surface area contributed by atoms with Crippen LogP contribution in [0.3, 0.4) is 0 Å². The van der Waals surface area contributed by atoms with E-state index in [1.54, 1.807) is 0 Å². The molecular weight excluding hydrogens is 274 g/mol. The molecule has 0 saturated heterocycles.